The van der Waals surface area contributed by atoms with Crippen molar-refractivity contribution in [3.8, 4) is 0 Å². The highest BCUT2D eigenvalue weighted by atomic mass is 16.6. The maximum Gasteiger partial charge on any atom is 0.306 e. The first-order valence-corrected chi connectivity index (χ1v) is 29.4. The third-order valence-corrected chi connectivity index (χ3v) is 13.5. The van der Waals surface area contributed by atoms with Crippen LogP contribution in [0, 0.1) is 5.92 Å². The van der Waals surface area contributed by atoms with Gasteiger partial charge >= 0.3 is 17.9 Å². The average molecular weight is 920 g/mol. The molecule has 0 fully saturated rings. The summed E-state index contributed by atoms with van der Waals surface area (Å²) in [6, 6.07) is 0. The minimum absolute atomic E-state index is 0.0618. The minimum Gasteiger partial charge on any atom is -0.462 e. The maximum atomic E-state index is 12.8. The molecule has 1 atom stereocenters. The molecule has 0 saturated carbocycles. The molecule has 0 aromatic rings. The zero-order valence-electron chi connectivity index (χ0n) is 44.5. The second-order valence-electron chi connectivity index (χ2n) is 20.8. The summed E-state index contributed by atoms with van der Waals surface area (Å²) < 4.78 is 16.9. The number of ether oxygens (including phenoxy) is 3. The summed E-state index contributed by atoms with van der Waals surface area (Å²) in [4.78, 5) is 38.1. The second kappa shape index (κ2) is 53.4. The molecule has 65 heavy (non-hydrogen) atoms. The topological polar surface area (TPSA) is 78.9 Å². The smallest absolute Gasteiger partial charge is 0.306 e. The third kappa shape index (κ3) is 53.2. The molecule has 0 spiro atoms. The molecule has 0 aromatic heterocycles. The van der Waals surface area contributed by atoms with Crippen LogP contribution in [0.1, 0.15) is 336 Å². The normalized spacial score (nSPS) is 12.0. The van der Waals surface area contributed by atoms with Gasteiger partial charge in [-0.05, 0) is 25.2 Å². The standard InChI is InChI=1S/C59H114O6/c1-5-7-9-11-13-15-17-18-19-20-21-24-27-31-34-38-42-46-50-57(60)63-53-56(65-59(62)52-48-44-40-36-29-16-14-12-10-8-6-2)54-64-58(61)51-47-43-39-35-32-28-25-22-23-26-30-33-37-41-45-49-55(3)4/h55-56H,5-54H2,1-4H3/t56-/m0/s1. The molecule has 6 nitrogen and oxygen atoms in total. The van der Waals surface area contributed by atoms with E-state index in [9.17, 15) is 14.4 Å². The van der Waals surface area contributed by atoms with Crippen molar-refractivity contribution in [3.05, 3.63) is 0 Å². The predicted molar refractivity (Wildman–Crippen MR) is 280 cm³/mol. The van der Waals surface area contributed by atoms with Crippen LogP contribution in [0.15, 0.2) is 0 Å². The van der Waals surface area contributed by atoms with E-state index in [0.717, 1.165) is 63.7 Å². The molecule has 0 aromatic carbocycles. The predicted octanol–water partition coefficient (Wildman–Crippen LogP) is 19.4. The molecular formula is C59H114O6. The Morgan fingerprint density at radius 2 is 0.508 bits per heavy atom. The Morgan fingerprint density at radius 3 is 0.754 bits per heavy atom. The van der Waals surface area contributed by atoms with Crippen molar-refractivity contribution in [2.24, 2.45) is 5.92 Å². The summed E-state index contributed by atoms with van der Waals surface area (Å²) in [5, 5.41) is 0. The SMILES string of the molecule is CCCCCCCCCCCCCCCCCCCCC(=O)OC[C@@H](COC(=O)CCCCCCCCCCCCCCCCCC(C)C)OC(=O)CCCCCCCCCCCCC. The monoisotopic (exact) mass is 919 g/mol. The van der Waals surface area contributed by atoms with Gasteiger partial charge in [0.25, 0.3) is 0 Å². The van der Waals surface area contributed by atoms with E-state index in [0.29, 0.717) is 19.3 Å². The summed E-state index contributed by atoms with van der Waals surface area (Å²) in [7, 11) is 0. The second-order valence-corrected chi connectivity index (χ2v) is 20.8. The number of hydrogen-bond acceptors (Lipinski definition) is 6. The van der Waals surface area contributed by atoms with Gasteiger partial charge in [0.2, 0.25) is 0 Å². The summed E-state index contributed by atoms with van der Waals surface area (Å²) in [6.45, 7) is 9.07. The number of carbonyl (C=O) groups excluding carboxylic acids is 3. The lowest BCUT2D eigenvalue weighted by Gasteiger charge is -2.18. The molecule has 0 heterocycles. The van der Waals surface area contributed by atoms with E-state index in [1.807, 2.05) is 0 Å². The van der Waals surface area contributed by atoms with Crippen LogP contribution in [0.5, 0.6) is 0 Å². The van der Waals surface area contributed by atoms with Gasteiger partial charge in [-0.15, -0.1) is 0 Å². The molecule has 0 rings (SSSR count). The lowest BCUT2D eigenvalue weighted by Crippen LogP contribution is -2.30. The van der Waals surface area contributed by atoms with Gasteiger partial charge in [0.05, 0.1) is 0 Å². The average Bonchev–Trinajstić information content (AvgIpc) is 3.29. The molecule has 0 bridgehead atoms. The van der Waals surface area contributed by atoms with Gasteiger partial charge in [-0.2, -0.15) is 0 Å². The van der Waals surface area contributed by atoms with Crippen molar-refractivity contribution in [2.45, 2.75) is 342 Å². The number of hydrogen-bond donors (Lipinski definition) is 0. The van der Waals surface area contributed by atoms with Gasteiger partial charge in [-0.3, -0.25) is 14.4 Å². The molecule has 0 aliphatic carbocycles. The fourth-order valence-electron chi connectivity index (χ4n) is 9.10. The number of unbranched alkanes of at least 4 members (excludes halogenated alkanes) is 41. The van der Waals surface area contributed by atoms with Gasteiger partial charge in [-0.25, -0.2) is 0 Å². The Kier molecular flexibility index (Phi) is 52.1. The lowest BCUT2D eigenvalue weighted by molar-refractivity contribution is -0.167. The van der Waals surface area contributed by atoms with Crippen molar-refractivity contribution >= 4 is 17.9 Å². The fraction of sp³-hybridized carbons (Fsp3) is 0.949. The van der Waals surface area contributed by atoms with Crippen LogP contribution in [-0.4, -0.2) is 37.2 Å². The first-order chi connectivity index (χ1) is 31.9. The quantitative estimate of drug-likeness (QED) is 0.0344. The van der Waals surface area contributed by atoms with E-state index in [1.54, 1.807) is 0 Å². The molecule has 0 aliphatic rings. The summed E-state index contributed by atoms with van der Waals surface area (Å²) >= 11 is 0. The van der Waals surface area contributed by atoms with Crippen molar-refractivity contribution in [2.75, 3.05) is 13.2 Å². The maximum absolute atomic E-state index is 12.8. The van der Waals surface area contributed by atoms with Crippen LogP contribution in [0.2, 0.25) is 0 Å². The fourth-order valence-corrected chi connectivity index (χ4v) is 9.10. The van der Waals surface area contributed by atoms with E-state index in [2.05, 4.69) is 27.7 Å². The highest BCUT2D eigenvalue weighted by molar-refractivity contribution is 5.71. The van der Waals surface area contributed by atoms with Crippen LogP contribution in [-0.2, 0) is 28.6 Å². The molecular weight excluding hydrogens is 805 g/mol. The Bertz CT molecular complexity index is 980. The largest absolute Gasteiger partial charge is 0.462 e. The van der Waals surface area contributed by atoms with Crippen LogP contribution in [0.4, 0.5) is 0 Å². The molecule has 0 N–H and O–H groups in total. The zero-order valence-corrected chi connectivity index (χ0v) is 44.5. The first-order valence-electron chi connectivity index (χ1n) is 29.4. The lowest BCUT2D eigenvalue weighted by atomic mass is 10.0. The third-order valence-electron chi connectivity index (χ3n) is 13.5. The zero-order chi connectivity index (χ0) is 47.4. The number of esters is 3. The van der Waals surface area contributed by atoms with E-state index in [-0.39, 0.29) is 31.1 Å². The summed E-state index contributed by atoms with van der Waals surface area (Å²) in [6.07, 6.45) is 58.1. The van der Waals surface area contributed by atoms with Crippen LogP contribution >= 0.6 is 0 Å². The Labute approximate surface area is 406 Å². The van der Waals surface area contributed by atoms with E-state index >= 15 is 0 Å². The van der Waals surface area contributed by atoms with E-state index < -0.39 is 6.10 Å². The van der Waals surface area contributed by atoms with E-state index in [1.165, 1.54) is 231 Å². The van der Waals surface area contributed by atoms with Gasteiger partial charge in [0, 0.05) is 19.3 Å². The Hall–Kier alpha value is -1.59. The highest BCUT2D eigenvalue weighted by Crippen LogP contribution is 2.18. The Balaban J connectivity index is 4.22. The molecule has 0 unspecified atom stereocenters. The van der Waals surface area contributed by atoms with Crippen LogP contribution in [0.25, 0.3) is 0 Å². The summed E-state index contributed by atoms with van der Waals surface area (Å²) in [5.41, 5.74) is 0. The first kappa shape index (κ1) is 63.4. The van der Waals surface area contributed by atoms with Gasteiger partial charge in [0.15, 0.2) is 6.10 Å². The van der Waals surface area contributed by atoms with Gasteiger partial charge in [0.1, 0.15) is 13.2 Å². The number of rotatable bonds is 54. The van der Waals surface area contributed by atoms with Crippen molar-refractivity contribution in [1.82, 2.24) is 0 Å². The highest BCUT2D eigenvalue weighted by Gasteiger charge is 2.19. The van der Waals surface area contributed by atoms with E-state index in [4.69, 9.17) is 14.2 Å². The molecule has 386 valence electrons. The molecule has 0 aliphatic heterocycles. The van der Waals surface area contributed by atoms with Crippen molar-refractivity contribution in [3.63, 3.8) is 0 Å². The van der Waals surface area contributed by atoms with Crippen LogP contribution in [0.3, 0.4) is 0 Å². The molecule has 0 saturated heterocycles. The number of carbonyl (C=O) groups is 3. The van der Waals surface area contributed by atoms with Crippen LogP contribution < -0.4 is 0 Å². The minimum atomic E-state index is -0.761. The molecule has 6 heteroatoms. The molecule has 0 amide bonds. The van der Waals surface area contributed by atoms with Crippen molar-refractivity contribution < 1.29 is 28.6 Å². The molecule has 0 radical (unpaired) electrons. The van der Waals surface area contributed by atoms with Crippen molar-refractivity contribution in [1.29, 1.82) is 0 Å². The summed E-state index contributed by atoms with van der Waals surface area (Å²) in [5.74, 6) is 0.0138. The Morgan fingerprint density at radius 1 is 0.292 bits per heavy atom. The van der Waals surface area contributed by atoms with Gasteiger partial charge in [-0.1, -0.05) is 297 Å². The van der Waals surface area contributed by atoms with Gasteiger partial charge < -0.3 is 14.2 Å².